The van der Waals surface area contributed by atoms with Crippen molar-refractivity contribution >= 4 is 5.91 Å². The van der Waals surface area contributed by atoms with E-state index in [1.54, 1.807) is 6.92 Å². The van der Waals surface area contributed by atoms with Gasteiger partial charge in [0.1, 0.15) is 0 Å². The van der Waals surface area contributed by atoms with Crippen molar-refractivity contribution < 1.29 is 4.79 Å². The number of hydrogen-bond donors (Lipinski definition) is 1. The minimum absolute atomic E-state index is 0.0912. The van der Waals surface area contributed by atoms with Crippen LogP contribution in [-0.2, 0) is 11.3 Å². The van der Waals surface area contributed by atoms with Gasteiger partial charge in [0.15, 0.2) is 0 Å². The van der Waals surface area contributed by atoms with Gasteiger partial charge in [0.2, 0.25) is 5.91 Å². The Morgan fingerprint density at radius 2 is 2.21 bits per heavy atom. The van der Waals surface area contributed by atoms with E-state index in [-0.39, 0.29) is 5.91 Å². The summed E-state index contributed by atoms with van der Waals surface area (Å²) in [6.45, 7) is 7.87. The predicted molar refractivity (Wildman–Crippen MR) is 57.8 cm³/mol. The number of amides is 1. The highest BCUT2D eigenvalue weighted by molar-refractivity contribution is 5.91. The Bertz CT molecular complexity index is 355. The standard InChI is InChI=1S/C12H15NO/c1-9(2)12(14)13-8-11-6-4-5-10(3)7-11/h4-7H,1,8H2,2-3H3,(H,13,14). The van der Waals surface area contributed by atoms with Crippen molar-refractivity contribution in [1.82, 2.24) is 5.32 Å². The molecule has 0 saturated heterocycles. The first-order chi connectivity index (χ1) is 6.59. The first-order valence-corrected chi connectivity index (χ1v) is 4.59. The highest BCUT2D eigenvalue weighted by Gasteiger charge is 2.00. The molecule has 0 bridgehead atoms. The summed E-state index contributed by atoms with van der Waals surface area (Å²) in [6.07, 6.45) is 0. The molecule has 2 heteroatoms. The van der Waals surface area contributed by atoms with Crippen molar-refractivity contribution in [2.75, 3.05) is 0 Å². The molecule has 1 rings (SSSR count). The molecule has 0 radical (unpaired) electrons. The number of rotatable bonds is 3. The molecule has 1 N–H and O–H groups in total. The van der Waals surface area contributed by atoms with Gasteiger partial charge in [-0.2, -0.15) is 0 Å². The zero-order chi connectivity index (χ0) is 10.6. The van der Waals surface area contributed by atoms with E-state index in [0.717, 1.165) is 5.56 Å². The van der Waals surface area contributed by atoms with Crippen LogP contribution in [-0.4, -0.2) is 5.91 Å². The average Bonchev–Trinajstić information content (AvgIpc) is 2.14. The number of hydrogen-bond acceptors (Lipinski definition) is 1. The van der Waals surface area contributed by atoms with Crippen LogP contribution in [0.4, 0.5) is 0 Å². The molecule has 0 aliphatic heterocycles. The van der Waals surface area contributed by atoms with Gasteiger partial charge in [-0.3, -0.25) is 4.79 Å². The quantitative estimate of drug-likeness (QED) is 0.725. The van der Waals surface area contributed by atoms with Crippen molar-refractivity contribution in [3.8, 4) is 0 Å². The van der Waals surface area contributed by atoms with Crippen molar-refractivity contribution in [2.45, 2.75) is 20.4 Å². The summed E-state index contributed by atoms with van der Waals surface area (Å²) in [5.74, 6) is -0.0912. The lowest BCUT2D eigenvalue weighted by molar-refractivity contribution is -0.117. The van der Waals surface area contributed by atoms with Crippen LogP contribution >= 0.6 is 0 Å². The van der Waals surface area contributed by atoms with Crippen LogP contribution in [0.15, 0.2) is 36.4 Å². The Balaban J connectivity index is 2.54. The number of carbonyl (C=O) groups is 1. The maximum absolute atomic E-state index is 11.2. The lowest BCUT2D eigenvalue weighted by Crippen LogP contribution is -2.22. The van der Waals surface area contributed by atoms with Crippen molar-refractivity contribution in [1.29, 1.82) is 0 Å². The fraction of sp³-hybridized carbons (Fsp3) is 0.250. The van der Waals surface area contributed by atoms with Crippen LogP contribution in [0, 0.1) is 6.92 Å². The molecule has 0 aliphatic carbocycles. The van der Waals surface area contributed by atoms with Gasteiger partial charge < -0.3 is 5.32 Å². The summed E-state index contributed by atoms with van der Waals surface area (Å²) in [6, 6.07) is 8.06. The van der Waals surface area contributed by atoms with E-state index in [2.05, 4.69) is 18.0 Å². The Hall–Kier alpha value is -1.57. The Kier molecular flexibility index (Phi) is 3.46. The van der Waals surface area contributed by atoms with Gasteiger partial charge in [0, 0.05) is 12.1 Å². The third-order valence-electron chi connectivity index (χ3n) is 1.92. The van der Waals surface area contributed by atoms with E-state index in [1.165, 1.54) is 5.56 Å². The highest BCUT2D eigenvalue weighted by Crippen LogP contribution is 2.03. The number of nitrogens with one attached hydrogen (secondary N) is 1. The molecule has 1 aromatic rings. The second-order valence-electron chi connectivity index (χ2n) is 3.45. The van der Waals surface area contributed by atoms with Crippen LogP contribution < -0.4 is 5.32 Å². The summed E-state index contributed by atoms with van der Waals surface area (Å²) in [5, 5.41) is 2.79. The largest absolute Gasteiger partial charge is 0.348 e. The van der Waals surface area contributed by atoms with Crippen LogP contribution in [0.3, 0.4) is 0 Å². The predicted octanol–water partition coefficient (Wildman–Crippen LogP) is 2.19. The van der Waals surface area contributed by atoms with Crippen molar-refractivity contribution in [3.63, 3.8) is 0 Å². The third-order valence-corrected chi connectivity index (χ3v) is 1.92. The second-order valence-corrected chi connectivity index (χ2v) is 3.45. The number of benzene rings is 1. The molecule has 1 amide bonds. The van der Waals surface area contributed by atoms with Crippen molar-refractivity contribution in [3.05, 3.63) is 47.5 Å². The minimum Gasteiger partial charge on any atom is -0.348 e. The summed E-state index contributed by atoms with van der Waals surface area (Å²) in [4.78, 5) is 11.2. The van der Waals surface area contributed by atoms with E-state index < -0.39 is 0 Å². The molecular formula is C12H15NO. The van der Waals surface area contributed by atoms with E-state index in [9.17, 15) is 4.79 Å². The lowest BCUT2D eigenvalue weighted by atomic mass is 10.1. The topological polar surface area (TPSA) is 29.1 Å². The van der Waals surface area contributed by atoms with Gasteiger partial charge in [0.05, 0.1) is 0 Å². The van der Waals surface area contributed by atoms with E-state index in [1.807, 2.05) is 25.1 Å². The summed E-state index contributed by atoms with van der Waals surface area (Å²) in [5.41, 5.74) is 2.85. The molecule has 0 aliphatic rings. The van der Waals surface area contributed by atoms with Gasteiger partial charge in [-0.25, -0.2) is 0 Å². The first-order valence-electron chi connectivity index (χ1n) is 4.59. The van der Waals surface area contributed by atoms with E-state index in [0.29, 0.717) is 12.1 Å². The Labute approximate surface area is 84.6 Å². The maximum Gasteiger partial charge on any atom is 0.246 e. The second kappa shape index (κ2) is 4.61. The van der Waals surface area contributed by atoms with Gasteiger partial charge in [0.25, 0.3) is 0 Å². The molecule has 0 aromatic heterocycles. The molecule has 1 aromatic carbocycles. The molecule has 0 atom stereocenters. The monoisotopic (exact) mass is 189 g/mol. The van der Waals surface area contributed by atoms with Crippen LogP contribution in [0.2, 0.25) is 0 Å². The first kappa shape index (κ1) is 10.5. The van der Waals surface area contributed by atoms with Gasteiger partial charge >= 0.3 is 0 Å². The fourth-order valence-electron chi connectivity index (χ4n) is 1.16. The Morgan fingerprint density at radius 3 is 2.79 bits per heavy atom. The van der Waals surface area contributed by atoms with Crippen LogP contribution in [0.25, 0.3) is 0 Å². The van der Waals surface area contributed by atoms with Crippen LogP contribution in [0.1, 0.15) is 18.1 Å². The zero-order valence-electron chi connectivity index (χ0n) is 8.63. The summed E-state index contributed by atoms with van der Waals surface area (Å²) >= 11 is 0. The van der Waals surface area contributed by atoms with E-state index in [4.69, 9.17) is 0 Å². The fourth-order valence-corrected chi connectivity index (χ4v) is 1.16. The number of carbonyl (C=O) groups excluding carboxylic acids is 1. The molecule has 0 spiro atoms. The molecule has 0 unspecified atom stereocenters. The lowest BCUT2D eigenvalue weighted by Gasteiger charge is -2.05. The van der Waals surface area contributed by atoms with Crippen molar-refractivity contribution in [2.24, 2.45) is 0 Å². The smallest absolute Gasteiger partial charge is 0.246 e. The highest BCUT2D eigenvalue weighted by atomic mass is 16.1. The number of aryl methyl sites for hydroxylation is 1. The Morgan fingerprint density at radius 1 is 1.50 bits per heavy atom. The van der Waals surface area contributed by atoms with Crippen LogP contribution in [0.5, 0.6) is 0 Å². The average molecular weight is 189 g/mol. The molecule has 14 heavy (non-hydrogen) atoms. The maximum atomic E-state index is 11.2. The molecule has 0 saturated carbocycles. The molecule has 74 valence electrons. The SMILES string of the molecule is C=C(C)C(=O)NCc1cccc(C)c1. The zero-order valence-corrected chi connectivity index (χ0v) is 8.63. The minimum atomic E-state index is -0.0912. The van der Waals surface area contributed by atoms with Gasteiger partial charge in [-0.1, -0.05) is 36.4 Å². The molecule has 2 nitrogen and oxygen atoms in total. The molecule has 0 heterocycles. The van der Waals surface area contributed by atoms with Gasteiger partial charge in [-0.05, 0) is 19.4 Å². The normalized spacial score (nSPS) is 9.57. The molecule has 0 fully saturated rings. The summed E-state index contributed by atoms with van der Waals surface area (Å²) < 4.78 is 0. The van der Waals surface area contributed by atoms with E-state index >= 15 is 0 Å². The van der Waals surface area contributed by atoms with Gasteiger partial charge in [-0.15, -0.1) is 0 Å². The molecular weight excluding hydrogens is 174 g/mol. The summed E-state index contributed by atoms with van der Waals surface area (Å²) in [7, 11) is 0. The third kappa shape index (κ3) is 3.05.